The first-order valence-corrected chi connectivity index (χ1v) is 33.2. The van der Waals surface area contributed by atoms with E-state index in [1.165, 1.54) is 87.6 Å². The van der Waals surface area contributed by atoms with Crippen molar-refractivity contribution in [1.29, 1.82) is 0 Å². The van der Waals surface area contributed by atoms with Crippen LogP contribution >= 0.6 is 201 Å². The van der Waals surface area contributed by atoms with Gasteiger partial charge in [0.15, 0.2) is 54.3 Å². The average molecular weight is 1510 g/mol. The minimum absolute atomic E-state index is 0.125. The maximum Gasteiger partial charge on any atom is 0.251 e. The zero-order valence-corrected chi connectivity index (χ0v) is 56.3. The molecule has 0 spiro atoms. The number of alkyl halides is 1. The molecule has 3 aliphatic rings. The van der Waals surface area contributed by atoms with Crippen LogP contribution in [0.3, 0.4) is 0 Å². The lowest BCUT2D eigenvalue weighted by Crippen LogP contribution is -2.07. The lowest BCUT2D eigenvalue weighted by Gasteiger charge is -2.04. The molecule has 448 valence electrons. The van der Waals surface area contributed by atoms with Gasteiger partial charge in [-0.05, 0) is 38.9 Å². The molecule has 3 saturated heterocycles. The average Bonchev–Trinajstić information content (AvgIpc) is 4.31. The van der Waals surface area contributed by atoms with Crippen LogP contribution in [0.2, 0.25) is 39.9 Å². The van der Waals surface area contributed by atoms with Crippen molar-refractivity contribution < 1.29 is 43.5 Å². The number of rotatable bonds is 9. The molecule has 11 heterocycles. The Morgan fingerprint density at radius 2 is 1.13 bits per heavy atom. The van der Waals surface area contributed by atoms with Gasteiger partial charge in [0, 0.05) is 47.8 Å². The third-order valence-electron chi connectivity index (χ3n) is 8.46. The summed E-state index contributed by atoms with van der Waals surface area (Å²) in [6, 6.07) is 2.92. The molecular weight excluding hydrogens is 1460 g/mol. The molecule has 21 nitrogen and oxygen atoms in total. The highest BCUT2D eigenvalue weighted by Gasteiger charge is 2.25. The van der Waals surface area contributed by atoms with Gasteiger partial charge in [0.1, 0.15) is 35.2 Å². The first-order valence-electron chi connectivity index (χ1n) is 22.5. The summed E-state index contributed by atoms with van der Waals surface area (Å²) >= 11 is 62.4. The predicted octanol–water partition coefficient (Wildman–Crippen LogP) is 13.9. The van der Waals surface area contributed by atoms with Crippen LogP contribution in [0.15, 0.2) is 48.9 Å². The van der Waals surface area contributed by atoms with Crippen molar-refractivity contribution in [2.75, 3.05) is 52.9 Å². The van der Waals surface area contributed by atoms with Gasteiger partial charge in [-0.3, -0.25) is 24.2 Å². The van der Waals surface area contributed by atoms with Gasteiger partial charge < -0.3 is 43.9 Å². The first-order chi connectivity index (χ1) is 39.3. The summed E-state index contributed by atoms with van der Waals surface area (Å²) in [5.41, 5.74) is 7.85. The molecule has 0 aliphatic carbocycles. The van der Waals surface area contributed by atoms with E-state index in [0.717, 1.165) is 55.1 Å². The van der Waals surface area contributed by atoms with Crippen LogP contribution < -0.4 is 11.1 Å². The largest absolute Gasteiger partial charge is 0.394 e. The van der Waals surface area contributed by atoms with E-state index in [2.05, 4.69) is 78.0 Å². The Bertz CT molecular complexity index is 3240. The molecular formula is C44H45BrCl8N10O11S8. The minimum Gasteiger partial charge on any atom is -0.394 e. The second-order valence-corrected chi connectivity index (χ2v) is 25.4. The Morgan fingerprint density at radius 3 is 1.50 bits per heavy atom. The molecule has 0 aromatic carbocycles. The standard InChI is InChI=1S/C9H8ClN3OS2.C6H5Cl2NO2S.C6H6ClNO2S.C5H6N2OS.C4H3BrClNS.C4HCl2NOS.C4H2ClNOS.C4H8O.C2H6O2/c1-5-2-7(14)13-9(12-5)15-3-6-8(10)11-4-16-6;7-4-3(12-6(8)9-4)5-10-1-2-11-5;7-5-4(11-3-8-5)6-9-1-2-10-6;1-3-2-4(8)7-5(9)6-3;5-1-3-4(6)7-2-8-3;5-3-2(1-8)9-4(6)7-3;5-4-3(1-7)8-2-6-4;1-2-4-5-3-1;3-1-2-4/h2,4H,3H2,1H3,(H,12,13,14);5H,1-2H2;3,6H,1-2H2;2H,1H3,(H2,6,7,8,9);2H,1H2;1H;1-2H;1-4H2;3-4H,1-2H2. The minimum atomic E-state index is -0.373. The summed E-state index contributed by atoms with van der Waals surface area (Å²) in [5.74, 6) is 0.663. The fourth-order valence-corrected chi connectivity index (χ4v) is 13.3. The Hall–Kier alpha value is -2.03. The topological polar surface area (TPSA) is 292 Å². The second kappa shape index (κ2) is 42.8. The van der Waals surface area contributed by atoms with Gasteiger partial charge in [-0.15, -0.1) is 56.7 Å². The van der Waals surface area contributed by atoms with E-state index in [1.807, 2.05) is 0 Å². The van der Waals surface area contributed by atoms with Gasteiger partial charge in [-0.2, -0.15) is 0 Å². The number of thiazole rings is 6. The SMILES string of the molecule is C1CCOC1.Cc1cc(=O)[nH]c(=S)[nH]1.Cc1cc(=O)[nH]c(SCc2scnc2Cl)n1.Clc1nc(Cl)c(C2OCCO2)s1.Clc1ncsc1C1OCCO1.Clc1ncsc1CBr.O=Cc1sc(Cl)nc1Cl.O=Cc1scnc1Cl.OCCO. The molecule has 0 atom stereocenters. The van der Waals surface area contributed by atoms with E-state index >= 15 is 0 Å². The lowest BCUT2D eigenvalue weighted by atomic mass is 10.4. The number of hydrogen-bond acceptors (Lipinski definition) is 26. The molecule has 0 amide bonds. The van der Waals surface area contributed by atoms with Crippen molar-refractivity contribution in [3.05, 3.63) is 140 Å². The third-order valence-corrected chi connectivity index (χ3v) is 18.7. The number of halogens is 9. The zero-order valence-electron chi connectivity index (χ0n) is 42.1. The predicted molar refractivity (Wildman–Crippen MR) is 336 cm³/mol. The molecule has 11 rings (SSSR count). The summed E-state index contributed by atoms with van der Waals surface area (Å²) in [6.45, 7) is 7.79. The van der Waals surface area contributed by atoms with E-state index in [-0.39, 0.29) is 42.1 Å². The summed E-state index contributed by atoms with van der Waals surface area (Å²) in [4.78, 5) is 81.2. The first kappa shape index (κ1) is 74.2. The number of H-pyrrole nitrogens is 3. The fourth-order valence-electron chi connectivity index (χ4n) is 5.08. The number of carbonyl (C=O) groups excluding carboxylic acids is 2. The van der Waals surface area contributed by atoms with E-state index in [1.54, 1.807) is 41.7 Å². The Balaban J connectivity index is 0.000000247. The molecule has 0 radical (unpaired) electrons. The van der Waals surface area contributed by atoms with Gasteiger partial charge in [0.2, 0.25) is 0 Å². The molecule has 0 saturated carbocycles. The monoisotopic (exact) mass is 1500 g/mol. The summed E-state index contributed by atoms with van der Waals surface area (Å²) in [6.07, 6.45) is 3.23. The summed E-state index contributed by atoms with van der Waals surface area (Å²) in [7, 11) is 0. The van der Waals surface area contributed by atoms with Crippen LogP contribution in [0.25, 0.3) is 0 Å². The molecule has 0 bridgehead atoms. The quantitative estimate of drug-likeness (QED) is 0.0295. The van der Waals surface area contributed by atoms with Gasteiger partial charge in [0.25, 0.3) is 11.1 Å². The molecule has 38 heteroatoms. The third kappa shape index (κ3) is 29.6. The maximum absolute atomic E-state index is 11.2. The van der Waals surface area contributed by atoms with Crippen LogP contribution in [-0.2, 0) is 34.8 Å². The van der Waals surface area contributed by atoms with Crippen LogP contribution in [0.4, 0.5) is 0 Å². The Morgan fingerprint density at radius 1 is 0.622 bits per heavy atom. The van der Waals surface area contributed by atoms with Crippen LogP contribution in [0, 0.1) is 18.6 Å². The lowest BCUT2D eigenvalue weighted by molar-refractivity contribution is -0.0416. The maximum atomic E-state index is 11.2. The molecule has 8 aromatic rings. The number of nitrogens with one attached hydrogen (secondary N) is 3. The molecule has 82 heavy (non-hydrogen) atoms. The van der Waals surface area contributed by atoms with Crippen molar-refractivity contribution in [2.24, 2.45) is 0 Å². The van der Waals surface area contributed by atoms with Gasteiger partial charge >= 0.3 is 0 Å². The number of ether oxygens (including phenoxy) is 5. The highest BCUT2D eigenvalue weighted by molar-refractivity contribution is 9.08. The fraction of sp³-hybridized carbons (Fsp3) is 0.364. The van der Waals surface area contributed by atoms with E-state index in [4.69, 9.17) is 127 Å². The van der Waals surface area contributed by atoms with Gasteiger partial charge in [-0.1, -0.05) is 132 Å². The van der Waals surface area contributed by atoms with Crippen molar-refractivity contribution >= 4 is 213 Å². The number of hydrogen-bond donors (Lipinski definition) is 5. The Kier molecular flexibility index (Phi) is 38.7. The zero-order chi connectivity index (χ0) is 60.4. The van der Waals surface area contributed by atoms with Crippen LogP contribution in [0.5, 0.6) is 0 Å². The smallest absolute Gasteiger partial charge is 0.251 e. The molecule has 3 aliphatic heterocycles. The van der Waals surface area contributed by atoms with E-state index in [0.29, 0.717) is 105 Å². The molecule has 5 N–H and O–H groups in total. The number of carbonyl (C=O) groups is 2. The van der Waals surface area contributed by atoms with Crippen molar-refractivity contribution in [1.82, 2.24) is 49.8 Å². The number of aldehydes is 2. The van der Waals surface area contributed by atoms with Crippen molar-refractivity contribution in [3.8, 4) is 0 Å². The van der Waals surface area contributed by atoms with Crippen molar-refractivity contribution in [3.63, 3.8) is 0 Å². The summed E-state index contributed by atoms with van der Waals surface area (Å²) in [5, 5.41) is 19.1. The Labute approximate surface area is 549 Å². The number of aryl methyl sites for hydroxylation is 2. The van der Waals surface area contributed by atoms with E-state index < -0.39 is 0 Å². The summed E-state index contributed by atoms with van der Waals surface area (Å²) < 4.78 is 27.0. The van der Waals surface area contributed by atoms with E-state index in [9.17, 15) is 19.2 Å². The molecule has 8 aromatic heterocycles. The van der Waals surface area contributed by atoms with Gasteiger partial charge in [-0.25, -0.2) is 34.9 Å². The number of thioether (sulfide) groups is 1. The highest BCUT2D eigenvalue weighted by atomic mass is 79.9. The number of aliphatic hydroxyl groups excluding tert-OH is 2. The normalized spacial score (nSPS) is 13.2. The molecule has 3 fully saturated rings. The number of aliphatic hydroxyl groups is 2. The van der Waals surface area contributed by atoms with Crippen LogP contribution in [-0.4, -0.2) is 125 Å². The molecule has 0 unspecified atom stereocenters. The number of aromatic nitrogens is 10. The van der Waals surface area contributed by atoms with Gasteiger partial charge in [0.05, 0.1) is 76.3 Å². The number of aromatic amines is 3. The highest BCUT2D eigenvalue weighted by Crippen LogP contribution is 2.36. The van der Waals surface area contributed by atoms with Crippen molar-refractivity contribution in [2.45, 2.75) is 55.5 Å². The van der Waals surface area contributed by atoms with Crippen LogP contribution in [0.1, 0.15) is 75.7 Å². The second-order valence-electron chi connectivity index (χ2n) is 14.4. The number of nitrogens with zero attached hydrogens (tertiary/aromatic N) is 7.